The maximum absolute atomic E-state index is 12.5. The second kappa shape index (κ2) is 5.19. The summed E-state index contributed by atoms with van der Waals surface area (Å²) in [4.78, 5) is 3.29. The van der Waals surface area contributed by atoms with E-state index >= 15 is 0 Å². The van der Waals surface area contributed by atoms with Gasteiger partial charge in [0.25, 0.3) is 6.43 Å². The monoisotopic (exact) mass is 369 g/mol. The highest BCUT2D eigenvalue weighted by atomic mass is 127. The largest absolute Gasteiger partial charge is 0.574 e. The van der Waals surface area contributed by atoms with E-state index in [0.717, 1.165) is 6.07 Å². The Kier molecular flexibility index (Phi) is 4.33. The third kappa shape index (κ3) is 3.82. The minimum Gasteiger partial charge on any atom is -0.494 e. The molecule has 1 rings (SSSR count). The van der Waals surface area contributed by atoms with Gasteiger partial charge in [-0.25, -0.2) is 13.8 Å². The van der Waals surface area contributed by atoms with Gasteiger partial charge < -0.3 is 9.47 Å². The predicted molar refractivity (Wildman–Crippen MR) is 55.1 cm³/mol. The highest BCUT2D eigenvalue weighted by Gasteiger charge is 2.34. The summed E-state index contributed by atoms with van der Waals surface area (Å²) in [5, 5.41) is 0. The van der Waals surface area contributed by atoms with Crippen molar-refractivity contribution in [3.63, 3.8) is 0 Å². The normalized spacial score (nSPS) is 11.8. The topological polar surface area (TPSA) is 31.4 Å². The van der Waals surface area contributed by atoms with Crippen LogP contribution in [0.25, 0.3) is 0 Å². The lowest BCUT2D eigenvalue weighted by molar-refractivity contribution is -0.276. The van der Waals surface area contributed by atoms with E-state index in [1.807, 2.05) is 0 Å². The van der Waals surface area contributed by atoms with Gasteiger partial charge in [0.1, 0.15) is 3.70 Å². The van der Waals surface area contributed by atoms with Crippen LogP contribution >= 0.6 is 22.6 Å². The van der Waals surface area contributed by atoms with Gasteiger partial charge in [0.05, 0.1) is 12.7 Å². The molecule has 1 aromatic heterocycles. The van der Waals surface area contributed by atoms with Gasteiger partial charge in [-0.1, -0.05) is 0 Å². The van der Waals surface area contributed by atoms with E-state index in [9.17, 15) is 22.0 Å². The van der Waals surface area contributed by atoms with E-state index in [-0.39, 0.29) is 9.45 Å². The van der Waals surface area contributed by atoms with Gasteiger partial charge in [-0.3, -0.25) is 0 Å². The van der Waals surface area contributed by atoms with Crippen molar-refractivity contribution in [2.75, 3.05) is 7.11 Å². The fourth-order valence-corrected chi connectivity index (χ4v) is 1.56. The Balaban J connectivity index is 3.23. The molecule has 0 aromatic carbocycles. The molecule has 0 aliphatic rings. The molecule has 0 fully saturated rings. The molecule has 0 amide bonds. The smallest absolute Gasteiger partial charge is 0.494 e. The summed E-state index contributed by atoms with van der Waals surface area (Å²) in [7, 11) is 1.19. The van der Waals surface area contributed by atoms with E-state index in [1.54, 1.807) is 22.6 Å². The van der Waals surface area contributed by atoms with Gasteiger partial charge in [0.15, 0.2) is 5.75 Å². The first-order valence-electron chi connectivity index (χ1n) is 4.03. The number of methoxy groups -OCH3 is 1. The van der Waals surface area contributed by atoms with E-state index in [2.05, 4.69) is 14.5 Å². The standard InChI is InChI=1S/C8H5F5INO2/c1-16-4-2-3(5(9)10)7(15-6(4)14)17-8(11,12)13/h2,5H,1H3. The molecule has 0 saturated heterocycles. The van der Waals surface area contributed by atoms with Crippen molar-refractivity contribution >= 4 is 22.6 Å². The first kappa shape index (κ1) is 14.2. The second-order valence-corrected chi connectivity index (χ2v) is 3.75. The molecular weight excluding hydrogens is 364 g/mol. The van der Waals surface area contributed by atoms with Crippen LogP contribution in [0.4, 0.5) is 22.0 Å². The van der Waals surface area contributed by atoms with Gasteiger partial charge in [0, 0.05) is 0 Å². The number of halogens is 6. The molecule has 17 heavy (non-hydrogen) atoms. The van der Waals surface area contributed by atoms with Gasteiger partial charge in [-0.05, 0) is 28.7 Å². The number of alkyl halides is 5. The van der Waals surface area contributed by atoms with Crippen LogP contribution in [0.5, 0.6) is 11.6 Å². The van der Waals surface area contributed by atoms with Crippen LogP contribution in [0.1, 0.15) is 12.0 Å². The van der Waals surface area contributed by atoms with Crippen LogP contribution in [0.2, 0.25) is 0 Å². The highest BCUT2D eigenvalue weighted by molar-refractivity contribution is 14.1. The molecule has 0 saturated carbocycles. The lowest BCUT2D eigenvalue weighted by Crippen LogP contribution is -2.19. The minimum atomic E-state index is -5.08. The van der Waals surface area contributed by atoms with Gasteiger partial charge >= 0.3 is 6.36 Å². The molecule has 0 bridgehead atoms. The van der Waals surface area contributed by atoms with Crippen molar-refractivity contribution in [1.82, 2.24) is 4.98 Å². The summed E-state index contributed by atoms with van der Waals surface area (Å²) >= 11 is 1.55. The summed E-state index contributed by atoms with van der Waals surface area (Å²) in [5.41, 5.74) is -0.973. The summed E-state index contributed by atoms with van der Waals surface area (Å²) in [6.07, 6.45) is -8.22. The maximum Gasteiger partial charge on any atom is 0.574 e. The summed E-state index contributed by atoms with van der Waals surface area (Å²) in [6, 6.07) is 0.764. The Bertz CT molecular complexity index is 410. The van der Waals surface area contributed by atoms with Crippen LogP contribution in [-0.4, -0.2) is 18.5 Å². The van der Waals surface area contributed by atoms with E-state index < -0.39 is 24.2 Å². The van der Waals surface area contributed by atoms with Gasteiger partial charge in [-0.2, -0.15) is 0 Å². The lowest BCUT2D eigenvalue weighted by Gasteiger charge is -2.13. The van der Waals surface area contributed by atoms with Gasteiger partial charge in [-0.15, -0.1) is 13.2 Å². The number of hydrogen-bond donors (Lipinski definition) is 0. The summed E-state index contributed by atoms with van der Waals surface area (Å²) < 4.78 is 69.0. The van der Waals surface area contributed by atoms with Crippen LogP contribution in [0.3, 0.4) is 0 Å². The summed E-state index contributed by atoms with van der Waals surface area (Å²) in [6.45, 7) is 0. The Hall–Kier alpha value is -0.870. The quantitative estimate of drug-likeness (QED) is 0.464. The van der Waals surface area contributed by atoms with Crippen molar-refractivity contribution in [2.24, 2.45) is 0 Å². The average Bonchev–Trinajstić information content (AvgIpc) is 2.14. The SMILES string of the molecule is COc1cc(C(F)F)c(OC(F)(F)F)nc1I. The molecular formula is C8H5F5INO2. The maximum atomic E-state index is 12.5. The van der Waals surface area contributed by atoms with Crippen LogP contribution in [-0.2, 0) is 0 Å². The first-order chi connectivity index (χ1) is 7.74. The van der Waals surface area contributed by atoms with E-state index in [4.69, 9.17) is 0 Å². The van der Waals surface area contributed by atoms with Crippen LogP contribution < -0.4 is 9.47 Å². The number of rotatable bonds is 3. The Morgan fingerprint density at radius 1 is 1.35 bits per heavy atom. The van der Waals surface area contributed by atoms with E-state index in [1.165, 1.54) is 7.11 Å². The molecule has 3 nitrogen and oxygen atoms in total. The van der Waals surface area contributed by atoms with Crippen molar-refractivity contribution in [3.05, 3.63) is 15.3 Å². The Labute approximate surface area is 106 Å². The van der Waals surface area contributed by atoms with Crippen LogP contribution in [0.15, 0.2) is 6.07 Å². The molecule has 0 spiro atoms. The zero-order valence-corrected chi connectivity index (χ0v) is 10.3. The fourth-order valence-electron chi connectivity index (χ4n) is 0.962. The second-order valence-electron chi connectivity index (χ2n) is 2.72. The molecule has 1 heterocycles. The fraction of sp³-hybridized carbons (Fsp3) is 0.375. The van der Waals surface area contributed by atoms with Crippen molar-refractivity contribution in [3.8, 4) is 11.6 Å². The number of hydrogen-bond acceptors (Lipinski definition) is 3. The summed E-state index contributed by atoms with van der Waals surface area (Å²) in [5.74, 6) is -1.21. The van der Waals surface area contributed by atoms with Crippen molar-refractivity contribution in [2.45, 2.75) is 12.8 Å². The van der Waals surface area contributed by atoms with E-state index in [0.29, 0.717) is 0 Å². The molecule has 96 valence electrons. The van der Waals surface area contributed by atoms with Crippen LogP contribution in [0, 0.1) is 3.70 Å². The Morgan fingerprint density at radius 2 is 1.94 bits per heavy atom. The third-order valence-corrected chi connectivity index (χ3v) is 2.38. The zero-order valence-electron chi connectivity index (χ0n) is 8.19. The number of nitrogens with zero attached hydrogens (tertiary/aromatic N) is 1. The molecule has 0 aliphatic carbocycles. The van der Waals surface area contributed by atoms with Crippen molar-refractivity contribution < 1.29 is 31.4 Å². The molecule has 0 N–H and O–H groups in total. The predicted octanol–water partition coefficient (Wildman–Crippen LogP) is 3.53. The Morgan fingerprint density at radius 3 is 2.35 bits per heavy atom. The zero-order chi connectivity index (χ0) is 13.2. The number of pyridine rings is 1. The third-order valence-electron chi connectivity index (χ3n) is 1.60. The van der Waals surface area contributed by atoms with Gasteiger partial charge in [0.2, 0.25) is 5.88 Å². The van der Waals surface area contributed by atoms with Crippen molar-refractivity contribution in [1.29, 1.82) is 0 Å². The average molecular weight is 369 g/mol. The minimum absolute atomic E-state index is 0.00579. The molecule has 0 atom stereocenters. The highest BCUT2D eigenvalue weighted by Crippen LogP contribution is 2.35. The lowest BCUT2D eigenvalue weighted by atomic mass is 10.2. The first-order valence-corrected chi connectivity index (χ1v) is 5.10. The molecule has 9 heteroatoms. The molecule has 1 aromatic rings. The molecule has 0 aliphatic heterocycles. The molecule has 0 radical (unpaired) electrons. The number of ether oxygens (including phenoxy) is 2. The molecule has 0 unspecified atom stereocenters. The number of aromatic nitrogens is 1.